The summed E-state index contributed by atoms with van der Waals surface area (Å²) in [7, 11) is 0. The van der Waals surface area contributed by atoms with Crippen LogP contribution in [-0.2, 0) is 9.59 Å². The Hall–Kier alpha value is -2.54. The lowest BCUT2D eigenvalue weighted by atomic mass is 9.82. The number of rotatable bonds is 3. The van der Waals surface area contributed by atoms with Crippen molar-refractivity contribution in [1.82, 2.24) is 5.43 Å². The van der Waals surface area contributed by atoms with Gasteiger partial charge in [-0.05, 0) is 58.4 Å². The first-order chi connectivity index (χ1) is 14.2. The van der Waals surface area contributed by atoms with Gasteiger partial charge in [0.25, 0.3) is 0 Å². The summed E-state index contributed by atoms with van der Waals surface area (Å²) in [6.07, 6.45) is -2.92. The van der Waals surface area contributed by atoms with E-state index in [1.807, 2.05) is 27.7 Å². The van der Waals surface area contributed by atoms with Gasteiger partial charge < -0.3 is 5.11 Å². The van der Waals surface area contributed by atoms with Crippen molar-refractivity contribution in [3.05, 3.63) is 15.8 Å². The molecule has 0 saturated heterocycles. The Balaban J connectivity index is 2.50. The number of amides is 2. The van der Waals surface area contributed by atoms with Crippen LogP contribution in [0.1, 0.15) is 67.9 Å². The lowest BCUT2D eigenvalue weighted by Crippen LogP contribution is -2.53. The number of carboxylic acid groups (broad SMARTS) is 1. The molecule has 0 unspecified atom stereocenters. The number of nitrogens with zero attached hydrogens (tertiary/aromatic N) is 1. The summed E-state index contributed by atoms with van der Waals surface area (Å²) >= 11 is 0.736. The van der Waals surface area contributed by atoms with Gasteiger partial charge in [-0.15, -0.1) is 11.3 Å². The summed E-state index contributed by atoms with van der Waals surface area (Å²) < 4.78 is 38.7. The van der Waals surface area contributed by atoms with E-state index in [0.29, 0.717) is 23.8 Å². The Morgan fingerprint density at radius 3 is 2.23 bits per heavy atom. The summed E-state index contributed by atoms with van der Waals surface area (Å²) in [5.41, 5.74) is 0.859. The van der Waals surface area contributed by atoms with Gasteiger partial charge in [0, 0.05) is 11.3 Å². The van der Waals surface area contributed by atoms with Crippen molar-refractivity contribution < 1.29 is 32.7 Å². The molecule has 0 spiro atoms. The predicted octanol–water partition coefficient (Wildman–Crippen LogP) is 4.60. The van der Waals surface area contributed by atoms with Gasteiger partial charge in [-0.3, -0.25) is 15.0 Å². The SMILES string of the molecule is CC1CCC(C(=O)N(NC(=O)C(F)(F)F)c2cc(C#CC(C)(C)C)sc2C(=O)O)CC1. The standard InChI is InChI=1S/C21H25F3N2O4S/c1-12-5-7-13(8-6-12)17(27)26(25-19(30)21(22,23)24)15-11-14(9-10-20(2,3)4)31-16(15)18(28)29/h11-13H,5-8H2,1-4H3,(H,25,30)(H,28,29). The molecule has 170 valence electrons. The highest BCUT2D eigenvalue weighted by Gasteiger charge is 2.42. The second kappa shape index (κ2) is 9.30. The molecule has 1 aliphatic rings. The molecule has 0 radical (unpaired) electrons. The molecule has 1 aromatic heterocycles. The molecule has 0 aromatic carbocycles. The second-order valence-electron chi connectivity index (χ2n) is 8.70. The van der Waals surface area contributed by atoms with Crippen LogP contribution < -0.4 is 10.4 Å². The van der Waals surface area contributed by atoms with Crippen molar-refractivity contribution in [2.75, 3.05) is 5.01 Å². The van der Waals surface area contributed by atoms with Crippen LogP contribution in [0.25, 0.3) is 0 Å². The molecule has 10 heteroatoms. The van der Waals surface area contributed by atoms with Crippen LogP contribution in [0.15, 0.2) is 6.07 Å². The summed E-state index contributed by atoms with van der Waals surface area (Å²) in [6.45, 7) is 7.55. The largest absolute Gasteiger partial charge is 0.477 e. The van der Waals surface area contributed by atoms with Crippen molar-refractivity contribution in [3.63, 3.8) is 0 Å². The third kappa shape index (κ3) is 6.72. The van der Waals surface area contributed by atoms with Crippen LogP contribution in [0.3, 0.4) is 0 Å². The number of halogens is 3. The van der Waals surface area contributed by atoms with E-state index in [4.69, 9.17) is 0 Å². The van der Waals surface area contributed by atoms with Gasteiger partial charge in [-0.2, -0.15) is 13.2 Å². The van der Waals surface area contributed by atoms with E-state index >= 15 is 0 Å². The lowest BCUT2D eigenvalue weighted by molar-refractivity contribution is -0.174. The predicted molar refractivity (Wildman–Crippen MR) is 110 cm³/mol. The zero-order valence-corrected chi connectivity index (χ0v) is 18.5. The Bertz CT molecular complexity index is 914. The molecule has 2 amide bonds. The molecule has 1 aliphatic carbocycles. The summed E-state index contributed by atoms with van der Waals surface area (Å²) in [5.74, 6) is 0.936. The minimum atomic E-state index is -5.24. The van der Waals surface area contributed by atoms with Crippen molar-refractivity contribution in [1.29, 1.82) is 0 Å². The number of carbonyl (C=O) groups excluding carboxylic acids is 2. The number of aromatic carboxylic acids is 1. The maximum absolute atomic E-state index is 13.1. The van der Waals surface area contributed by atoms with Crippen molar-refractivity contribution in [3.8, 4) is 11.8 Å². The maximum Gasteiger partial charge on any atom is 0.472 e. The van der Waals surface area contributed by atoms with Gasteiger partial charge in [0.15, 0.2) is 0 Å². The summed E-state index contributed by atoms with van der Waals surface area (Å²) in [4.78, 5) is 36.4. The lowest BCUT2D eigenvalue weighted by Gasteiger charge is -2.31. The van der Waals surface area contributed by atoms with Crippen LogP contribution in [0.4, 0.5) is 18.9 Å². The quantitative estimate of drug-likeness (QED) is 0.512. The molecule has 0 aliphatic heterocycles. The van der Waals surface area contributed by atoms with Crippen molar-refractivity contribution >= 4 is 34.8 Å². The van der Waals surface area contributed by atoms with Gasteiger partial charge in [-0.1, -0.05) is 18.8 Å². The first kappa shape index (κ1) is 24.7. The molecular formula is C21H25F3N2O4S. The van der Waals surface area contributed by atoms with Gasteiger partial charge in [-0.25, -0.2) is 9.80 Å². The number of thiophene rings is 1. The number of hydrazine groups is 1. The molecule has 0 atom stereocenters. The van der Waals surface area contributed by atoms with Crippen LogP contribution >= 0.6 is 11.3 Å². The molecular weight excluding hydrogens is 433 g/mol. The Kier molecular flexibility index (Phi) is 7.42. The zero-order valence-electron chi connectivity index (χ0n) is 17.7. The monoisotopic (exact) mass is 458 g/mol. The van der Waals surface area contributed by atoms with E-state index in [-0.39, 0.29) is 15.4 Å². The summed E-state index contributed by atoms with van der Waals surface area (Å²) in [6, 6.07) is 1.23. The second-order valence-corrected chi connectivity index (χ2v) is 9.75. The molecule has 1 aromatic rings. The molecule has 31 heavy (non-hydrogen) atoms. The molecule has 1 fully saturated rings. The third-order valence-corrected chi connectivity index (χ3v) is 5.79. The van der Waals surface area contributed by atoms with E-state index < -0.39 is 35.3 Å². The fraction of sp³-hybridized carbons (Fsp3) is 0.571. The smallest absolute Gasteiger partial charge is 0.472 e. The number of carboxylic acids is 1. The average Bonchev–Trinajstić information content (AvgIpc) is 3.07. The van der Waals surface area contributed by atoms with E-state index in [0.717, 1.165) is 24.2 Å². The minimum absolute atomic E-state index is 0.263. The number of hydrogen-bond donors (Lipinski definition) is 2. The number of nitrogens with one attached hydrogen (secondary N) is 1. The van der Waals surface area contributed by atoms with Gasteiger partial charge in [0.1, 0.15) is 4.88 Å². The Morgan fingerprint density at radius 2 is 1.74 bits per heavy atom. The third-order valence-electron chi connectivity index (χ3n) is 4.76. The van der Waals surface area contributed by atoms with Gasteiger partial charge in [0.2, 0.25) is 5.91 Å². The number of carbonyl (C=O) groups is 3. The van der Waals surface area contributed by atoms with E-state index in [1.54, 1.807) is 5.43 Å². The Labute approximate surface area is 182 Å². The highest BCUT2D eigenvalue weighted by Crippen LogP contribution is 2.34. The number of hydrogen-bond acceptors (Lipinski definition) is 4. The van der Waals surface area contributed by atoms with Crippen LogP contribution in [0.5, 0.6) is 0 Å². The number of alkyl halides is 3. The first-order valence-electron chi connectivity index (χ1n) is 9.81. The average molecular weight is 459 g/mol. The van der Waals surface area contributed by atoms with Gasteiger partial charge in [0.05, 0.1) is 10.6 Å². The fourth-order valence-electron chi connectivity index (χ4n) is 3.10. The molecule has 6 nitrogen and oxygen atoms in total. The van der Waals surface area contributed by atoms with Crippen LogP contribution in [-0.4, -0.2) is 29.1 Å². The van der Waals surface area contributed by atoms with E-state index in [1.165, 1.54) is 6.07 Å². The zero-order chi connectivity index (χ0) is 23.6. The van der Waals surface area contributed by atoms with Gasteiger partial charge >= 0.3 is 18.1 Å². The molecule has 2 N–H and O–H groups in total. The Morgan fingerprint density at radius 1 is 1.16 bits per heavy atom. The van der Waals surface area contributed by atoms with Crippen LogP contribution in [0, 0.1) is 29.1 Å². The molecule has 1 heterocycles. The first-order valence-corrected chi connectivity index (χ1v) is 10.6. The van der Waals surface area contributed by atoms with Crippen molar-refractivity contribution in [2.45, 2.75) is 59.6 Å². The fourth-order valence-corrected chi connectivity index (χ4v) is 3.93. The topological polar surface area (TPSA) is 86.7 Å². The van der Waals surface area contributed by atoms with Crippen LogP contribution in [0.2, 0.25) is 0 Å². The molecule has 2 rings (SSSR count). The maximum atomic E-state index is 13.1. The normalized spacial score (nSPS) is 19.2. The molecule has 0 bridgehead atoms. The minimum Gasteiger partial charge on any atom is -0.477 e. The molecule has 1 saturated carbocycles. The van der Waals surface area contributed by atoms with Crippen molar-refractivity contribution in [2.24, 2.45) is 17.3 Å². The summed E-state index contributed by atoms with van der Waals surface area (Å²) in [5, 5.41) is 10.0. The highest BCUT2D eigenvalue weighted by atomic mass is 32.1. The highest BCUT2D eigenvalue weighted by molar-refractivity contribution is 7.15. The number of anilines is 1. The van der Waals surface area contributed by atoms with E-state index in [9.17, 15) is 32.7 Å². The van der Waals surface area contributed by atoms with E-state index in [2.05, 4.69) is 11.8 Å².